The largest absolute Gasteiger partial charge is 0.483 e. The second-order valence-corrected chi connectivity index (χ2v) is 10.5. The summed E-state index contributed by atoms with van der Waals surface area (Å²) in [7, 11) is 2.10. The number of hydrogen-bond acceptors (Lipinski definition) is 6. The maximum Gasteiger partial charge on any atom is 0.290 e. The molecule has 0 spiro atoms. The van der Waals surface area contributed by atoms with Crippen molar-refractivity contribution < 1.29 is 9.90 Å². The maximum absolute atomic E-state index is 13.2. The van der Waals surface area contributed by atoms with Gasteiger partial charge in [-0.25, -0.2) is 0 Å². The Bertz CT molecular complexity index is 885. The molecule has 0 saturated carbocycles. The van der Waals surface area contributed by atoms with Gasteiger partial charge in [0.1, 0.15) is 0 Å². The number of thioether (sulfide) groups is 1. The fraction of sp³-hybridized carbons (Fsp3) is 0.565. The Kier molecular flexibility index (Phi) is 9.19. The van der Waals surface area contributed by atoms with Crippen LogP contribution in [0.25, 0.3) is 0 Å². The van der Waals surface area contributed by atoms with E-state index < -0.39 is 0 Å². The molecule has 2 aromatic heterocycles. The van der Waals surface area contributed by atoms with Gasteiger partial charge in [-0.15, -0.1) is 11.3 Å². The van der Waals surface area contributed by atoms with Gasteiger partial charge in [-0.05, 0) is 61.9 Å². The minimum atomic E-state index is -0.250. The van der Waals surface area contributed by atoms with Crippen molar-refractivity contribution in [3.8, 4) is 0 Å². The van der Waals surface area contributed by atoms with Crippen LogP contribution < -0.4 is 5.56 Å². The molecule has 2 atom stereocenters. The summed E-state index contributed by atoms with van der Waals surface area (Å²) in [5.74, 6) is 2.38. The number of nitrogens with zero attached hydrogens (tertiary/aromatic N) is 3. The lowest BCUT2D eigenvalue weighted by molar-refractivity contribution is -0.122. The average Bonchev–Trinajstić information content (AvgIpc) is 3.24. The third-order valence-electron chi connectivity index (χ3n) is 6.03. The molecule has 8 heteroatoms. The first kappa shape index (κ1) is 24.0. The van der Waals surface area contributed by atoms with Gasteiger partial charge in [-0.1, -0.05) is 12.1 Å². The first-order valence-electron chi connectivity index (χ1n) is 10.8. The summed E-state index contributed by atoms with van der Waals surface area (Å²) in [6.07, 6.45) is 4.70. The van der Waals surface area contributed by atoms with Gasteiger partial charge in [-0.3, -0.25) is 14.5 Å². The number of hydrogen-bond donors (Lipinski definition) is 1. The summed E-state index contributed by atoms with van der Waals surface area (Å²) in [5, 5.41) is 9.00. The number of carbonyl (C=O) groups is 1. The van der Waals surface area contributed by atoms with Crippen LogP contribution in [0.15, 0.2) is 34.4 Å². The summed E-state index contributed by atoms with van der Waals surface area (Å²) in [6.45, 7) is 5.72. The summed E-state index contributed by atoms with van der Waals surface area (Å²) < 4.78 is 2.10. The molecule has 0 aliphatic carbocycles. The van der Waals surface area contributed by atoms with E-state index in [1.165, 1.54) is 35.7 Å². The Morgan fingerprint density at radius 3 is 2.77 bits per heavy atom. The number of piperidine rings is 1. The van der Waals surface area contributed by atoms with Crippen LogP contribution in [0.3, 0.4) is 0 Å². The van der Waals surface area contributed by atoms with E-state index in [0.29, 0.717) is 18.4 Å². The van der Waals surface area contributed by atoms with E-state index in [1.54, 1.807) is 11.3 Å². The summed E-state index contributed by atoms with van der Waals surface area (Å²) in [6, 6.07) is 8.58. The molecule has 31 heavy (non-hydrogen) atoms. The minimum absolute atomic E-state index is 0.237. The molecule has 2 aromatic rings. The molecule has 170 valence electrons. The van der Waals surface area contributed by atoms with Crippen LogP contribution in [-0.4, -0.2) is 64.6 Å². The molecule has 2 aliphatic rings. The normalized spacial score (nSPS) is 20.1. The third-order valence-corrected chi connectivity index (χ3v) is 7.59. The van der Waals surface area contributed by atoms with Crippen LogP contribution in [0, 0.1) is 5.92 Å². The quantitative estimate of drug-likeness (QED) is 0.478. The zero-order chi connectivity index (χ0) is 22.2. The molecule has 4 rings (SSSR count). The van der Waals surface area contributed by atoms with Crippen molar-refractivity contribution in [1.82, 2.24) is 14.4 Å². The van der Waals surface area contributed by atoms with E-state index in [-0.39, 0.29) is 12.0 Å². The number of aromatic nitrogens is 1. The zero-order valence-corrected chi connectivity index (χ0v) is 20.0. The topological polar surface area (TPSA) is 65.8 Å². The van der Waals surface area contributed by atoms with Crippen LogP contribution in [0.4, 0.5) is 0 Å². The molecule has 1 saturated heterocycles. The molecule has 2 aliphatic heterocycles. The van der Waals surface area contributed by atoms with E-state index in [2.05, 4.69) is 57.3 Å². The molecular weight excluding hydrogens is 430 g/mol. The van der Waals surface area contributed by atoms with E-state index >= 15 is 0 Å². The molecule has 0 radical (unpaired) electrons. The first-order valence-corrected chi connectivity index (χ1v) is 13.1. The molecule has 0 aromatic carbocycles. The van der Waals surface area contributed by atoms with Crippen molar-refractivity contribution in [3.05, 3.63) is 56.1 Å². The van der Waals surface area contributed by atoms with Crippen molar-refractivity contribution in [2.45, 2.75) is 38.4 Å². The van der Waals surface area contributed by atoms with Gasteiger partial charge in [0.15, 0.2) is 0 Å². The molecule has 1 N–H and O–H groups in total. The van der Waals surface area contributed by atoms with Crippen molar-refractivity contribution >= 4 is 29.6 Å². The van der Waals surface area contributed by atoms with Gasteiger partial charge >= 0.3 is 0 Å². The van der Waals surface area contributed by atoms with E-state index in [4.69, 9.17) is 9.90 Å². The number of fused-ring (bicyclic) bond motifs is 4. The number of carboxylic acid groups (broad SMARTS) is 1. The van der Waals surface area contributed by atoms with Crippen molar-refractivity contribution in [2.24, 2.45) is 5.92 Å². The predicted molar refractivity (Wildman–Crippen MR) is 129 cm³/mol. The number of likely N-dealkylation sites (tertiary alicyclic amines) is 1. The van der Waals surface area contributed by atoms with E-state index in [9.17, 15) is 4.79 Å². The highest BCUT2D eigenvalue weighted by Gasteiger charge is 2.34. The molecule has 2 bridgehead atoms. The SMILES string of the molecule is CSCCCN1C[C@@H]2C[C@H](C1)c1ccc(CN(C)Cc3cccs3)c(=O)n1C2.O=CO. The summed E-state index contributed by atoms with van der Waals surface area (Å²) in [4.78, 5) is 27.8. The van der Waals surface area contributed by atoms with E-state index in [0.717, 1.165) is 31.7 Å². The van der Waals surface area contributed by atoms with Crippen LogP contribution in [0.5, 0.6) is 0 Å². The Labute approximate surface area is 192 Å². The lowest BCUT2D eigenvalue weighted by atomic mass is 9.83. The molecule has 6 nitrogen and oxygen atoms in total. The number of thiophene rings is 1. The zero-order valence-electron chi connectivity index (χ0n) is 18.4. The van der Waals surface area contributed by atoms with Crippen molar-refractivity contribution in [2.75, 3.05) is 38.7 Å². The highest BCUT2D eigenvalue weighted by molar-refractivity contribution is 7.98. The highest BCUT2D eigenvalue weighted by atomic mass is 32.2. The Morgan fingerprint density at radius 2 is 2.06 bits per heavy atom. The van der Waals surface area contributed by atoms with Gasteiger partial charge < -0.3 is 14.6 Å². The third kappa shape index (κ3) is 6.44. The Balaban J connectivity index is 0.000000858. The van der Waals surface area contributed by atoms with Crippen molar-refractivity contribution in [3.63, 3.8) is 0 Å². The predicted octanol–water partition coefficient (Wildman–Crippen LogP) is 3.41. The smallest absolute Gasteiger partial charge is 0.290 e. The van der Waals surface area contributed by atoms with Gasteiger partial charge in [0, 0.05) is 54.8 Å². The van der Waals surface area contributed by atoms with Crippen LogP contribution in [0.2, 0.25) is 0 Å². The fourth-order valence-electron chi connectivity index (χ4n) is 4.84. The van der Waals surface area contributed by atoms with Crippen LogP contribution >= 0.6 is 23.1 Å². The molecular formula is C23H33N3O3S2. The molecule has 0 amide bonds. The van der Waals surface area contributed by atoms with E-state index in [1.807, 2.05) is 11.8 Å². The second kappa shape index (κ2) is 11.9. The lowest BCUT2D eigenvalue weighted by Gasteiger charge is -2.43. The molecule has 4 heterocycles. The standard InChI is InChI=1S/C22H31N3OS2.CH2O2/c1-23(16-20-5-3-10-28-20)14-18-6-7-21-19-11-17(13-25(21)22(18)26)12-24(15-19)8-4-9-27-2;2-1-3/h3,5-7,10,17,19H,4,8-9,11-16H2,1-2H3;1H,(H,2,3)/t17-,19+;/m0./s1. The molecule has 0 unspecified atom stereocenters. The second-order valence-electron chi connectivity index (χ2n) is 8.46. The highest BCUT2D eigenvalue weighted by Crippen LogP contribution is 2.35. The fourth-order valence-corrected chi connectivity index (χ4v) is 6.04. The Morgan fingerprint density at radius 1 is 1.26 bits per heavy atom. The van der Waals surface area contributed by atoms with Gasteiger partial charge in [-0.2, -0.15) is 11.8 Å². The number of pyridine rings is 1. The van der Waals surface area contributed by atoms with Gasteiger partial charge in [0.25, 0.3) is 12.0 Å². The summed E-state index contributed by atoms with van der Waals surface area (Å²) >= 11 is 3.71. The molecule has 1 fully saturated rings. The minimum Gasteiger partial charge on any atom is -0.483 e. The summed E-state index contributed by atoms with van der Waals surface area (Å²) in [5.41, 5.74) is 2.43. The maximum atomic E-state index is 13.2. The van der Waals surface area contributed by atoms with Crippen molar-refractivity contribution in [1.29, 1.82) is 0 Å². The van der Waals surface area contributed by atoms with Gasteiger partial charge in [0.2, 0.25) is 0 Å². The monoisotopic (exact) mass is 463 g/mol. The number of rotatable bonds is 8. The Hall–Kier alpha value is -1.61. The average molecular weight is 464 g/mol. The van der Waals surface area contributed by atoms with Crippen LogP contribution in [0.1, 0.15) is 34.9 Å². The van der Waals surface area contributed by atoms with Gasteiger partial charge in [0.05, 0.1) is 0 Å². The lowest BCUT2D eigenvalue weighted by Crippen LogP contribution is -2.47. The first-order chi connectivity index (χ1) is 15.0. The van der Waals surface area contributed by atoms with Crippen LogP contribution in [-0.2, 0) is 24.4 Å².